The molecule has 152 valence electrons. The quantitative estimate of drug-likeness (QED) is 0.480. The highest BCUT2D eigenvalue weighted by molar-refractivity contribution is 7.97. The molecule has 0 aliphatic carbocycles. The van der Waals surface area contributed by atoms with E-state index in [-0.39, 0.29) is 10.9 Å². The normalized spacial score (nSPS) is 11.4. The molecule has 0 fully saturated rings. The Hall–Kier alpha value is -2.75. The average molecular weight is 438 g/mol. The summed E-state index contributed by atoms with van der Waals surface area (Å²) < 4.78 is 51.3. The first-order chi connectivity index (χ1) is 13.6. The van der Waals surface area contributed by atoms with Crippen LogP contribution in [0.2, 0.25) is 0 Å². The van der Waals surface area contributed by atoms with Crippen molar-refractivity contribution < 1.29 is 31.7 Å². The van der Waals surface area contributed by atoms with Crippen LogP contribution >= 0.6 is 0 Å². The van der Waals surface area contributed by atoms with Crippen LogP contribution in [0.4, 0.5) is 8.78 Å². The third kappa shape index (κ3) is 5.86. The Kier molecular flexibility index (Phi) is 7.49. The summed E-state index contributed by atoms with van der Waals surface area (Å²) in [6.07, 6.45) is 0. The molecule has 0 heterocycles. The van der Waals surface area contributed by atoms with E-state index >= 15 is 0 Å². The van der Waals surface area contributed by atoms with Gasteiger partial charge in [-0.05, 0) is 36.4 Å². The minimum Gasteiger partial charge on any atom is -0.743 e. The third-order valence-electron chi connectivity index (χ3n) is 3.50. The van der Waals surface area contributed by atoms with Crippen molar-refractivity contribution in [3.05, 3.63) is 91.0 Å². The predicted molar refractivity (Wildman–Crippen MR) is 104 cm³/mol. The number of halogens is 2. The lowest BCUT2D eigenvalue weighted by molar-refractivity contribution is -0.154. The summed E-state index contributed by atoms with van der Waals surface area (Å²) in [6.45, 7) is 0. The van der Waals surface area contributed by atoms with Gasteiger partial charge in [-0.15, -0.1) is 0 Å². The van der Waals surface area contributed by atoms with E-state index in [2.05, 4.69) is 91.0 Å². The van der Waals surface area contributed by atoms with E-state index < -0.39 is 21.3 Å². The van der Waals surface area contributed by atoms with Gasteiger partial charge in [0.2, 0.25) is 0 Å². The molecule has 0 saturated heterocycles. The maximum Gasteiger partial charge on any atom is 0.428 e. The van der Waals surface area contributed by atoms with Gasteiger partial charge in [-0.1, -0.05) is 54.6 Å². The molecule has 0 aliphatic rings. The van der Waals surface area contributed by atoms with Gasteiger partial charge in [0, 0.05) is 0 Å². The maximum atomic E-state index is 11.6. The number of benzene rings is 3. The van der Waals surface area contributed by atoms with Gasteiger partial charge in [-0.25, -0.2) is 13.2 Å². The van der Waals surface area contributed by atoms with Crippen molar-refractivity contribution >= 4 is 27.0 Å². The molecule has 3 aromatic carbocycles. The van der Waals surface area contributed by atoms with Crippen LogP contribution in [0.1, 0.15) is 0 Å². The van der Waals surface area contributed by atoms with Crippen molar-refractivity contribution in [2.45, 2.75) is 19.9 Å². The molecular weight excluding hydrogens is 422 g/mol. The molecule has 5 nitrogen and oxygen atoms in total. The van der Waals surface area contributed by atoms with E-state index in [1.54, 1.807) is 0 Å². The van der Waals surface area contributed by atoms with Crippen molar-refractivity contribution in [2.24, 2.45) is 0 Å². The summed E-state index contributed by atoms with van der Waals surface area (Å²) >= 11 is 0. The highest BCUT2D eigenvalue weighted by Gasteiger charge is 2.46. The van der Waals surface area contributed by atoms with E-state index in [4.69, 9.17) is 5.11 Å². The van der Waals surface area contributed by atoms with E-state index in [9.17, 15) is 26.5 Å². The van der Waals surface area contributed by atoms with Gasteiger partial charge in [0.25, 0.3) is 0 Å². The van der Waals surface area contributed by atoms with Crippen molar-refractivity contribution in [3.63, 3.8) is 0 Å². The molecule has 0 atom stereocenters. The summed E-state index contributed by atoms with van der Waals surface area (Å²) in [5.74, 6) is -2.97. The van der Waals surface area contributed by atoms with Gasteiger partial charge in [0.1, 0.15) is 0 Å². The molecular formula is C20H16F2O5S2. The standard InChI is InChI=1S/C18H15S.C2H2F2O5S/c1-4-10-16(11-5-1)19(17-12-6-2-7-13-17)18-14-8-3-9-15-18;3-2(4,1(5)6)10(7,8)9/h1-15H;(H,5,6)(H,7,8,9)/q+1;/p-1. The molecule has 9 heteroatoms. The fraction of sp³-hybridized carbons (Fsp3) is 0.0500. The summed E-state index contributed by atoms with van der Waals surface area (Å²) in [5, 5.41) is 2.22. The van der Waals surface area contributed by atoms with Crippen molar-refractivity contribution in [1.29, 1.82) is 0 Å². The Balaban J connectivity index is 0.000000257. The number of carbonyl (C=O) groups is 1. The third-order valence-corrected chi connectivity index (χ3v) is 6.53. The fourth-order valence-corrected chi connectivity index (χ4v) is 4.50. The van der Waals surface area contributed by atoms with Crippen molar-refractivity contribution in [1.82, 2.24) is 0 Å². The zero-order chi connectivity index (χ0) is 21.5. The Morgan fingerprint density at radius 1 is 0.759 bits per heavy atom. The number of hydrogen-bond donors (Lipinski definition) is 1. The second kappa shape index (κ2) is 9.64. The van der Waals surface area contributed by atoms with Crippen LogP contribution in [0.15, 0.2) is 106 Å². The van der Waals surface area contributed by atoms with Crippen LogP contribution in [0, 0.1) is 0 Å². The van der Waals surface area contributed by atoms with E-state index in [1.807, 2.05) is 0 Å². The molecule has 0 aromatic heterocycles. The van der Waals surface area contributed by atoms with Crippen LogP contribution < -0.4 is 0 Å². The smallest absolute Gasteiger partial charge is 0.428 e. The van der Waals surface area contributed by atoms with E-state index in [0.717, 1.165) is 0 Å². The number of alkyl halides is 2. The lowest BCUT2D eigenvalue weighted by atomic mass is 10.4. The molecule has 0 aliphatic heterocycles. The summed E-state index contributed by atoms with van der Waals surface area (Å²) in [5.41, 5.74) is 0. The molecule has 0 bridgehead atoms. The van der Waals surface area contributed by atoms with Gasteiger partial charge in [-0.3, -0.25) is 0 Å². The molecule has 0 spiro atoms. The Labute approximate surface area is 169 Å². The molecule has 1 N–H and O–H groups in total. The van der Waals surface area contributed by atoms with Crippen molar-refractivity contribution in [2.75, 3.05) is 0 Å². The largest absolute Gasteiger partial charge is 0.743 e. The minimum atomic E-state index is -6.08. The Morgan fingerprint density at radius 2 is 1.03 bits per heavy atom. The number of rotatable bonds is 5. The predicted octanol–water partition coefficient (Wildman–Crippen LogP) is 3.99. The number of hydrogen-bond acceptors (Lipinski definition) is 4. The van der Waals surface area contributed by atoms with Gasteiger partial charge in [0.05, 0.1) is 10.9 Å². The van der Waals surface area contributed by atoms with Gasteiger partial charge in [0.15, 0.2) is 24.8 Å². The molecule has 3 rings (SSSR count). The molecule has 3 aromatic rings. The van der Waals surface area contributed by atoms with Gasteiger partial charge < -0.3 is 9.66 Å². The fourth-order valence-electron chi connectivity index (χ4n) is 2.18. The van der Waals surface area contributed by atoms with Crippen LogP contribution in [0.3, 0.4) is 0 Å². The summed E-state index contributed by atoms with van der Waals surface area (Å²) in [7, 11) is -6.10. The SMILES string of the molecule is O=C(O)C(F)(F)S(=O)(=O)[O-].c1ccc([S+](c2ccccc2)c2ccccc2)cc1. The second-order valence-corrected chi connectivity index (χ2v) is 8.97. The molecule has 0 radical (unpaired) electrons. The number of carboxylic acids is 1. The van der Waals surface area contributed by atoms with E-state index in [0.29, 0.717) is 0 Å². The first kappa shape index (κ1) is 22.5. The first-order valence-electron chi connectivity index (χ1n) is 8.10. The van der Waals surface area contributed by atoms with Crippen LogP contribution in [0.25, 0.3) is 0 Å². The second-order valence-electron chi connectivity index (χ2n) is 5.52. The van der Waals surface area contributed by atoms with Gasteiger partial charge in [-0.2, -0.15) is 8.78 Å². The topological polar surface area (TPSA) is 94.5 Å². The van der Waals surface area contributed by atoms with Crippen LogP contribution in [-0.2, 0) is 25.8 Å². The Morgan fingerprint density at radius 3 is 1.21 bits per heavy atom. The first-order valence-corrected chi connectivity index (χ1v) is 10.7. The van der Waals surface area contributed by atoms with Crippen LogP contribution in [-0.4, -0.2) is 29.3 Å². The molecule has 29 heavy (non-hydrogen) atoms. The molecule has 0 saturated carbocycles. The zero-order valence-electron chi connectivity index (χ0n) is 14.8. The maximum absolute atomic E-state index is 11.6. The highest BCUT2D eigenvalue weighted by Crippen LogP contribution is 2.30. The monoisotopic (exact) mass is 438 g/mol. The van der Waals surface area contributed by atoms with E-state index in [1.165, 1.54) is 14.7 Å². The van der Waals surface area contributed by atoms with Crippen LogP contribution in [0.5, 0.6) is 0 Å². The summed E-state index contributed by atoms with van der Waals surface area (Å²) in [6, 6.07) is 32.2. The number of carboxylic acid groups (broad SMARTS) is 1. The number of aliphatic carboxylic acids is 1. The molecule has 0 amide bonds. The zero-order valence-corrected chi connectivity index (χ0v) is 16.4. The average Bonchev–Trinajstić information content (AvgIpc) is 2.70. The molecule has 0 unspecified atom stereocenters. The minimum absolute atomic E-state index is 0.0146. The van der Waals surface area contributed by atoms with Gasteiger partial charge >= 0.3 is 11.2 Å². The lowest BCUT2D eigenvalue weighted by Gasteiger charge is -2.13. The lowest BCUT2D eigenvalue weighted by Crippen LogP contribution is -2.37. The Bertz CT molecular complexity index is 934. The highest BCUT2D eigenvalue weighted by atomic mass is 32.2. The summed E-state index contributed by atoms with van der Waals surface area (Å²) in [4.78, 5) is 13.4. The van der Waals surface area contributed by atoms with Crippen molar-refractivity contribution in [3.8, 4) is 0 Å².